The molecule has 0 amide bonds. The van der Waals surface area contributed by atoms with Gasteiger partial charge in [0.25, 0.3) is 0 Å². The molecule has 0 aliphatic heterocycles. The van der Waals surface area contributed by atoms with E-state index in [-0.39, 0.29) is 0 Å². The molecule has 0 saturated heterocycles. The van der Waals surface area contributed by atoms with E-state index in [1.807, 2.05) is 12.2 Å². The predicted molar refractivity (Wildman–Crippen MR) is 62.2 cm³/mol. The van der Waals surface area contributed by atoms with Gasteiger partial charge in [0.05, 0.1) is 0 Å². The average molecular weight is 182 g/mol. The highest BCUT2D eigenvalue weighted by atomic mass is 14.1. The molecule has 0 saturated carbocycles. The van der Waals surface area contributed by atoms with Crippen molar-refractivity contribution in [2.24, 2.45) is 0 Å². The van der Waals surface area contributed by atoms with Crippen LogP contribution in [-0.2, 0) is 0 Å². The second-order valence-corrected chi connectivity index (χ2v) is 3.76. The minimum absolute atomic E-state index is 1.10. The average Bonchev–Trinajstić information content (AvgIpc) is 2.57. The van der Waals surface area contributed by atoms with Crippen LogP contribution in [0, 0.1) is 13.8 Å². The number of hydrogen-bond acceptors (Lipinski definition) is 0. The first-order valence-electron chi connectivity index (χ1n) is 4.84. The fourth-order valence-corrected chi connectivity index (χ4v) is 1.65. The van der Waals surface area contributed by atoms with E-state index in [2.05, 4.69) is 44.7 Å². The van der Waals surface area contributed by atoms with Crippen LogP contribution >= 0.6 is 0 Å². The van der Waals surface area contributed by atoms with Crippen molar-refractivity contribution in [1.29, 1.82) is 0 Å². The van der Waals surface area contributed by atoms with Crippen molar-refractivity contribution in [1.82, 2.24) is 0 Å². The maximum atomic E-state index is 4.01. The Balaban J connectivity index is 2.44. The molecule has 0 atom stereocenters. The molecular weight excluding hydrogens is 168 g/mol. The van der Waals surface area contributed by atoms with Gasteiger partial charge in [0.15, 0.2) is 0 Å². The van der Waals surface area contributed by atoms with Gasteiger partial charge in [0.2, 0.25) is 0 Å². The van der Waals surface area contributed by atoms with Crippen molar-refractivity contribution in [3.8, 4) is 0 Å². The van der Waals surface area contributed by atoms with Crippen LogP contribution in [0.2, 0.25) is 0 Å². The standard InChI is InChI=1S/C14H14/c1-10-7-8-13(9-12(10)3)14-6-4-5-11(14)2/h4-9H,2H2,1,3H3. The maximum Gasteiger partial charge on any atom is -0.0117 e. The third-order valence-electron chi connectivity index (χ3n) is 2.72. The molecule has 0 heteroatoms. The largest absolute Gasteiger partial charge is 0.0911 e. The SMILES string of the molecule is C=C1C=CC=C1c1ccc(C)c(C)c1. The molecule has 1 aliphatic carbocycles. The summed E-state index contributed by atoms with van der Waals surface area (Å²) < 4.78 is 0. The van der Waals surface area contributed by atoms with E-state index in [4.69, 9.17) is 0 Å². The zero-order valence-electron chi connectivity index (χ0n) is 8.67. The molecule has 0 aromatic heterocycles. The summed E-state index contributed by atoms with van der Waals surface area (Å²) in [5.41, 5.74) is 6.29. The molecule has 0 fully saturated rings. The Labute approximate surface area is 85.3 Å². The Bertz CT molecular complexity index is 445. The lowest BCUT2D eigenvalue weighted by atomic mass is 9.98. The van der Waals surface area contributed by atoms with Crippen molar-refractivity contribution in [2.45, 2.75) is 13.8 Å². The summed E-state index contributed by atoms with van der Waals surface area (Å²) in [6, 6.07) is 6.54. The van der Waals surface area contributed by atoms with Crippen molar-refractivity contribution < 1.29 is 0 Å². The topological polar surface area (TPSA) is 0 Å². The van der Waals surface area contributed by atoms with E-state index >= 15 is 0 Å². The molecule has 0 radical (unpaired) electrons. The zero-order chi connectivity index (χ0) is 10.1. The van der Waals surface area contributed by atoms with Gasteiger partial charge >= 0.3 is 0 Å². The van der Waals surface area contributed by atoms with Crippen LogP contribution in [0.1, 0.15) is 16.7 Å². The summed E-state index contributed by atoms with van der Waals surface area (Å²) in [7, 11) is 0. The van der Waals surface area contributed by atoms with Crippen LogP contribution in [0.4, 0.5) is 0 Å². The lowest BCUT2D eigenvalue weighted by Crippen LogP contribution is -1.87. The summed E-state index contributed by atoms with van der Waals surface area (Å²) in [6.45, 7) is 8.29. The van der Waals surface area contributed by atoms with E-state index in [1.165, 1.54) is 22.3 Å². The number of aryl methyl sites for hydroxylation is 2. The molecule has 0 N–H and O–H groups in total. The molecular formula is C14H14. The van der Waals surface area contributed by atoms with Gasteiger partial charge in [-0.25, -0.2) is 0 Å². The number of rotatable bonds is 1. The lowest BCUT2D eigenvalue weighted by Gasteiger charge is -2.07. The summed E-state index contributed by atoms with van der Waals surface area (Å²) in [4.78, 5) is 0. The van der Waals surface area contributed by atoms with Crippen LogP contribution in [0.15, 0.2) is 48.6 Å². The summed E-state index contributed by atoms with van der Waals surface area (Å²) in [6.07, 6.45) is 6.21. The molecule has 1 aromatic rings. The normalized spacial score (nSPS) is 14.7. The second-order valence-electron chi connectivity index (χ2n) is 3.76. The zero-order valence-corrected chi connectivity index (χ0v) is 8.67. The summed E-state index contributed by atoms with van der Waals surface area (Å²) in [5, 5.41) is 0. The Kier molecular flexibility index (Phi) is 2.12. The molecule has 0 spiro atoms. The first-order chi connectivity index (χ1) is 6.68. The first kappa shape index (κ1) is 9.01. The van der Waals surface area contributed by atoms with Crippen LogP contribution in [-0.4, -0.2) is 0 Å². The van der Waals surface area contributed by atoms with E-state index in [1.54, 1.807) is 0 Å². The number of allylic oxidation sites excluding steroid dienone is 5. The Morgan fingerprint density at radius 3 is 2.43 bits per heavy atom. The highest BCUT2D eigenvalue weighted by Gasteiger charge is 2.07. The second kappa shape index (κ2) is 3.30. The van der Waals surface area contributed by atoms with Crippen LogP contribution in [0.25, 0.3) is 5.57 Å². The van der Waals surface area contributed by atoms with Crippen LogP contribution in [0.3, 0.4) is 0 Å². The maximum absolute atomic E-state index is 4.01. The van der Waals surface area contributed by atoms with Gasteiger partial charge in [0.1, 0.15) is 0 Å². The van der Waals surface area contributed by atoms with Gasteiger partial charge in [0, 0.05) is 0 Å². The quantitative estimate of drug-likeness (QED) is 0.619. The predicted octanol–water partition coefficient (Wildman–Crippen LogP) is 3.81. The molecule has 14 heavy (non-hydrogen) atoms. The van der Waals surface area contributed by atoms with Crippen molar-refractivity contribution in [2.75, 3.05) is 0 Å². The Morgan fingerprint density at radius 2 is 1.86 bits per heavy atom. The molecule has 0 heterocycles. The molecule has 1 aromatic carbocycles. The van der Waals surface area contributed by atoms with E-state index in [0.29, 0.717) is 0 Å². The molecule has 2 rings (SSSR count). The highest BCUT2D eigenvalue weighted by molar-refractivity contribution is 5.85. The lowest BCUT2D eigenvalue weighted by molar-refractivity contribution is 1.33. The number of benzene rings is 1. The smallest absolute Gasteiger partial charge is 0.0117 e. The number of hydrogen-bond donors (Lipinski definition) is 0. The molecule has 1 aliphatic rings. The third kappa shape index (κ3) is 1.44. The fourth-order valence-electron chi connectivity index (χ4n) is 1.65. The van der Waals surface area contributed by atoms with Crippen LogP contribution in [0.5, 0.6) is 0 Å². The highest BCUT2D eigenvalue weighted by Crippen LogP contribution is 2.28. The first-order valence-corrected chi connectivity index (χ1v) is 4.84. The van der Waals surface area contributed by atoms with Crippen molar-refractivity contribution >= 4 is 5.57 Å². The van der Waals surface area contributed by atoms with Crippen LogP contribution < -0.4 is 0 Å². The van der Waals surface area contributed by atoms with Crippen molar-refractivity contribution in [3.63, 3.8) is 0 Å². The van der Waals surface area contributed by atoms with Gasteiger partial charge in [-0.05, 0) is 41.7 Å². The van der Waals surface area contributed by atoms with Gasteiger partial charge in [-0.15, -0.1) is 0 Å². The Morgan fingerprint density at radius 1 is 1.07 bits per heavy atom. The van der Waals surface area contributed by atoms with Gasteiger partial charge in [-0.3, -0.25) is 0 Å². The summed E-state index contributed by atoms with van der Waals surface area (Å²) in [5.74, 6) is 0. The monoisotopic (exact) mass is 182 g/mol. The summed E-state index contributed by atoms with van der Waals surface area (Å²) >= 11 is 0. The minimum Gasteiger partial charge on any atom is -0.0911 e. The van der Waals surface area contributed by atoms with E-state index < -0.39 is 0 Å². The van der Waals surface area contributed by atoms with Gasteiger partial charge < -0.3 is 0 Å². The molecule has 0 unspecified atom stereocenters. The van der Waals surface area contributed by atoms with E-state index in [9.17, 15) is 0 Å². The third-order valence-corrected chi connectivity index (χ3v) is 2.72. The molecule has 0 nitrogen and oxygen atoms in total. The van der Waals surface area contributed by atoms with Crippen molar-refractivity contribution in [3.05, 3.63) is 65.3 Å². The Hall–Kier alpha value is -1.56. The fraction of sp³-hybridized carbons (Fsp3) is 0.143. The minimum atomic E-state index is 1.10. The van der Waals surface area contributed by atoms with E-state index in [0.717, 1.165) is 5.57 Å². The molecule has 0 bridgehead atoms. The van der Waals surface area contributed by atoms with Gasteiger partial charge in [-0.1, -0.05) is 43.0 Å². The molecule has 70 valence electrons. The van der Waals surface area contributed by atoms with Gasteiger partial charge in [-0.2, -0.15) is 0 Å².